The quantitative estimate of drug-likeness (QED) is 0.896. The van der Waals surface area contributed by atoms with Crippen molar-refractivity contribution in [2.24, 2.45) is 5.92 Å². The summed E-state index contributed by atoms with van der Waals surface area (Å²) >= 11 is 0. The second-order valence-corrected chi connectivity index (χ2v) is 5.29. The van der Waals surface area contributed by atoms with Crippen molar-refractivity contribution in [2.75, 3.05) is 13.1 Å². The van der Waals surface area contributed by atoms with E-state index in [2.05, 4.69) is 10.6 Å². The third kappa shape index (κ3) is 5.10. The molecule has 2 atom stereocenters. The minimum Gasteiger partial charge on any atom is -0.352 e. The predicted molar refractivity (Wildman–Crippen MR) is 80.6 cm³/mol. The molecular weight excluding hydrogens is 279 g/mol. The molecule has 20 heavy (non-hydrogen) atoms. The Balaban J connectivity index is 0.00000200. The minimum atomic E-state index is -0.249. The number of hydrogen-bond acceptors (Lipinski definition) is 2. The summed E-state index contributed by atoms with van der Waals surface area (Å²) in [5, 5.41) is 6.33. The van der Waals surface area contributed by atoms with E-state index in [0.29, 0.717) is 6.42 Å². The average Bonchev–Trinajstić information content (AvgIpc) is 2.40. The molecule has 2 rings (SSSR count). The SMILES string of the molecule is CC(Cc1cccc(F)c1)C(=O)NC1CCCNC1.Cl. The molecule has 0 aliphatic carbocycles. The fraction of sp³-hybridized carbons (Fsp3) is 0.533. The van der Waals surface area contributed by atoms with Gasteiger partial charge in [-0.15, -0.1) is 12.4 Å². The highest BCUT2D eigenvalue weighted by atomic mass is 35.5. The smallest absolute Gasteiger partial charge is 0.223 e. The van der Waals surface area contributed by atoms with E-state index >= 15 is 0 Å². The molecule has 112 valence electrons. The van der Waals surface area contributed by atoms with Crippen LogP contribution < -0.4 is 10.6 Å². The highest BCUT2D eigenvalue weighted by molar-refractivity contribution is 5.85. The van der Waals surface area contributed by atoms with Gasteiger partial charge < -0.3 is 10.6 Å². The molecule has 1 amide bonds. The maximum Gasteiger partial charge on any atom is 0.223 e. The molecule has 1 fully saturated rings. The first-order chi connectivity index (χ1) is 9.15. The number of carbonyl (C=O) groups excluding carboxylic acids is 1. The van der Waals surface area contributed by atoms with Gasteiger partial charge in [-0.2, -0.15) is 0 Å². The Hall–Kier alpha value is -1.13. The third-order valence-electron chi connectivity index (χ3n) is 3.52. The standard InChI is InChI=1S/C15H21FN2O.ClH/c1-11(8-12-4-2-5-13(16)9-12)15(19)18-14-6-3-7-17-10-14;/h2,4-5,9,11,14,17H,3,6-8,10H2,1H3,(H,18,19);1H. The summed E-state index contributed by atoms with van der Waals surface area (Å²) in [4.78, 5) is 12.1. The van der Waals surface area contributed by atoms with Gasteiger partial charge in [-0.25, -0.2) is 4.39 Å². The van der Waals surface area contributed by atoms with Gasteiger partial charge in [0, 0.05) is 18.5 Å². The number of carbonyl (C=O) groups is 1. The monoisotopic (exact) mass is 300 g/mol. The van der Waals surface area contributed by atoms with E-state index in [1.54, 1.807) is 6.07 Å². The molecule has 1 aliphatic heterocycles. The molecule has 1 aliphatic rings. The van der Waals surface area contributed by atoms with E-state index in [1.165, 1.54) is 12.1 Å². The van der Waals surface area contributed by atoms with Gasteiger partial charge in [0.2, 0.25) is 5.91 Å². The normalized spacial score (nSPS) is 19.8. The summed E-state index contributed by atoms with van der Waals surface area (Å²) in [6.45, 7) is 3.76. The van der Waals surface area contributed by atoms with Crippen molar-refractivity contribution in [1.29, 1.82) is 0 Å². The first-order valence-corrected chi connectivity index (χ1v) is 6.90. The van der Waals surface area contributed by atoms with Gasteiger partial charge in [0.25, 0.3) is 0 Å². The Kier molecular flexibility index (Phi) is 6.96. The van der Waals surface area contributed by atoms with Gasteiger partial charge >= 0.3 is 0 Å². The Bertz CT molecular complexity index is 436. The van der Waals surface area contributed by atoms with Crippen molar-refractivity contribution in [2.45, 2.75) is 32.2 Å². The first-order valence-electron chi connectivity index (χ1n) is 6.90. The van der Waals surface area contributed by atoms with Gasteiger partial charge in [-0.05, 0) is 43.5 Å². The number of rotatable bonds is 4. The minimum absolute atomic E-state index is 0. The maximum absolute atomic E-state index is 13.1. The van der Waals surface area contributed by atoms with Crippen LogP contribution in [0.3, 0.4) is 0 Å². The van der Waals surface area contributed by atoms with Crippen molar-refractivity contribution in [1.82, 2.24) is 10.6 Å². The van der Waals surface area contributed by atoms with E-state index in [0.717, 1.165) is 31.5 Å². The lowest BCUT2D eigenvalue weighted by Gasteiger charge is -2.25. The summed E-state index contributed by atoms with van der Waals surface area (Å²) in [6.07, 6.45) is 2.71. The predicted octanol–water partition coefficient (Wildman–Crippen LogP) is 2.29. The molecule has 1 aromatic rings. The van der Waals surface area contributed by atoms with Crippen LogP contribution in [0.1, 0.15) is 25.3 Å². The zero-order valence-electron chi connectivity index (χ0n) is 11.7. The topological polar surface area (TPSA) is 41.1 Å². The van der Waals surface area contributed by atoms with E-state index in [1.807, 2.05) is 13.0 Å². The number of halogens is 2. The van der Waals surface area contributed by atoms with Gasteiger partial charge in [0.05, 0.1) is 0 Å². The van der Waals surface area contributed by atoms with Crippen LogP contribution in [0.25, 0.3) is 0 Å². The van der Waals surface area contributed by atoms with Crippen LogP contribution in [-0.4, -0.2) is 25.0 Å². The number of benzene rings is 1. The molecule has 3 nitrogen and oxygen atoms in total. The Morgan fingerprint density at radius 2 is 2.35 bits per heavy atom. The van der Waals surface area contributed by atoms with E-state index in [-0.39, 0.29) is 36.1 Å². The summed E-state index contributed by atoms with van der Waals surface area (Å²) in [6, 6.07) is 6.68. The molecule has 5 heteroatoms. The van der Waals surface area contributed by atoms with E-state index < -0.39 is 0 Å². The van der Waals surface area contributed by atoms with Gasteiger partial charge in [0.1, 0.15) is 5.82 Å². The van der Waals surface area contributed by atoms with Crippen LogP contribution in [0, 0.1) is 11.7 Å². The zero-order chi connectivity index (χ0) is 13.7. The van der Waals surface area contributed by atoms with E-state index in [4.69, 9.17) is 0 Å². The zero-order valence-corrected chi connectivity index (χ0v) is 12.5. The van der Waals surface area contributed by atoms with Crippen LogP contribution >= 0.6 is 12.4 Å². The van der Waals surface area contributed by atoms with Gasteiger partial charge in [-0.3, -0.25) is 4.79 Å². The van der Waals surface area contributed by atoms with Crippen LogP contribution in [0.2, 0.25) is 0 Å². The molecule has 2 unspecified atom stereocenters. The van der Waals surface area contributed by atoms with E-state index in [9.17, 15) is 9.18 Å². The number of nitrogens with one attached hydrogen (secondary N) is 2. The summed E-state index contributed by atoms with van der Waals surface area (Å²) in [5.41, 5.74) is 0.865. The molecule has 1 heterocycles. The fourth-order valence-corrected chi connectivity index (χ4v) is 2.43. The maximum atomic E-state index is 13.1. The summed E-state index contributed by atoms with van der Waals surface area (Å²) in [5.74, 6) is -0.330. The Morgan fingerprint density at radius 1 is 1.55 bits per heavy atom. The molecule has 0 aromatic heterocycles. The van der Waals surface area contributed by atoms with Crippen molar-refractivity contribution < 1.29 is 9.18 Å². The molecule has 0 bridgehead atoms. The second kappa shape index (κ2) is 8.22. The molecular formula is C15H22ClFN2O. The first kappa shape index (κ1) is 16.9. The van der Waals surface area contributed by atoms with Crippen molar-refractivity contribution >= 4 is 18.3 Å². The number of hydrogen-bond donors (Lipinski definition) is 2. The largest absolute Gasteiger partial charge is 0.352 e. The van der Waals surface area contributed by atoms with Gasteiger partial charge in [-0.1, -0.05) is 19.1 Å². The summed E-state index contributed by atoms with van der Waals surface area (Å²) < 4.78 is 13.1. The molecule has 1 saturated heterocycles. The highest BCUT2D eigenvalue weighted by Crippen LogP contribution is 2.11. The van der Waals surface area contributed by atoms with Crippen molar-refractivity contribution in [3.63, 3.8) is 0 Å². The molecule has 0 spiro atoms. The Morgan fingerprint density at radius 3 is 3.00 bits per heavy atom. The molecule has 2 N–H and O–H groups in total. The molecule has 0 saturated carbocycles. The second-order valence-electron chi connectivity index (χ2n) is 5.29. The van der Waals surface area contributed by atoms with Crippen LogP contribution in [-0.2, 0) is 11.2 Å². The Labute approximate surface area is 125 Å². The number of piperidine rings is 1. The summed E-state index contributed by atoms with van der Waals surface area (Å²) in [7, 11) is 0. The third-order valence-corrected chi connectivity index (χ3v) is 3.52. The van der Waals surface area contributed by atoms with Crippen LogP contribution in [0.15, 0.2) is 24.3 Å². The van der Waals surface area contributed by atoms with Crippen LogP contribution in [0.4, 0.5) is 4.39 Å². The van der Waals surface area contributed by atoms with Crippen LogP contribution in [0.5, 0.6) is 0 Å². The highest BCUT2D eigenvalue weighted by Gasteiger charge is 2.19. The van der Waals surface area contributed by atoms with Crippen molar-refractivity contribution in [3.8, 4) is 0 Å². The lowest BCUT2D eigenvalue weighted by Crippen LogP contribution is -2.47. The lowest BCUT2D eigenvalue weighted by atomic mass is 9.99. The fourth-order valence-electron chi connectivity index (χ4n) is 2.43. The lowest BCUT2D eigenvalue weighted by molar-refractivity contribution is -0.125. The molecule has 0 radical (unpaired) electrons. The average molecular weight is 301 g/mol. The molecule has 1 aromatic carbocycles. The van der Waals surface area contributed by atoms with Gasteiger partial charge in [0.15, 0.2) is 0 Å². The number of amides is 1. The van der Waals surface area contributed by atoms with Crippen molar-refractivity contribution in [3.05, 3.63) is 35.6 Å².